The normalized spacial score (nSPS) is 20.7. The topological polar surface area (TPSA) is 117 Å². The Kier molecular flexibility index (Phi) is 9.90. The van der Waals surface area contributed by atoms with Gasteiger partial charge in [-0.15, -0.1) is 0 Å². The molecule has 0 aliphatic rings. The summed E-state index contributed by atoms with van der Waals surface area (Å²) >= 11 is 0. The van der Waals surface area contributed by atoms with E-state index in [0.717, 1.165) is 0 Å². The third kappa shape index (κ3) is 8.34. The highest BCUT2D eigenvalue weighted by atomic mass is 16.5. The first-order valence-corrected chi connectivity index (χ1v) is 10.1. The Bertz CT molecular complexity index is 433. The summed E-state index contributed by atoms with van der Waals surface area (Å²) in [5.74, 6) is 0.190. The van der Waals surface area contributed by atoms with Gasteiger partial charge < -0.3 is 31.8 Å². The molecule has 0 aliphatic heterocycles. The minimum Gasteiger partial charge on any atom is -0.379 e. The van der Waals surface area contributed by atoms with E-state index in [2.05, 4.69) is 48.5 Å². The lowest BCUT2D eigenvalue weighted by Crippen LogP contribution is -2.47. The highest BCUT2D eigenvalue weighted by Gasteiger charge is 2.36. The van der Waals surface area contributed by atoms with Crippen LogP contribution in [0.5, 0.6) is 0 Å². The summed E-state index contributed by atoms with van der Waals surface area (Å²) in [4.78, 5) is 0. The summed E-state index contributed by atoms with van der Waals surface area (Å²) < 4.78 is 12.0. The fourth-order valence-corrected chi connectivity index (χ4v) is 2.57. The van der Waals surface area contributed by atoms with Crippen LogP contribution in [-0.2, 0) is 9.47 Å². The van der Waals surface area contributed by atoms with E-state index in [1.165, 1.54) is 0 Å². The van der Waals surface area contributed by atoms with Gasteiger partial charge in [-0.1, -0.05) is 69.2 Å². The molecule has 0 bridgehead atoms. The van der Waals surface area contributed by atoms with Crippen LogP contribution in [-0.4, -0.2) is 37.0 Å². The van der Waals surface area contributed by atoms with Gasteiger partial charge in [0, 0.05) is 17.8 Å². The molecule has 0 aliphatic carbocycles. The molecule has 0 spiro atoms. The third-order valence-corrected chi connectivity index (χ3v) is 6.62. The van der Waals surface area contributed by atoms with E-state index in [1.807, 2.05) is 20.8 Å². The zero-order chi connectivity index (χ0) is 21.8. The molecule has 0 aromatic rings. The van der Waals surface area contributed by atoms with Gasteiger partial charge in [0.2, 0.25) is 0 Å². The number of nitrogens with two attached hydrogens (primary N) is 3. The molecular formula is C21H47N3O3. The molecular weight excluding hydrogens is 342 g/mol. The third-order valence-electron chi connectivity index (χ3n) is 6.62. The monoisotopic (exact) mass is 389 g/mol. The Morgan fingerprint density at radius 1 is 0.667 bits per heavy atom. The van der Waals surface area contributed by atoms with Crippen LogP contribution in [0.15, 0.2) is 0 Å². The van der Waals surface area contributed by atoms with Crippen LogP contribution in [0.2, 0.25) is 0 Å². The first-order chi connectivity index (χ1) is 11.9. The molecule has 6 atom stereocenters. The predicted octanol–water partition coefficient (Wildman–Crippen LogP) is 2.87. The minimum absolute atomic E-state index is 0.0588. The zero-order valence-corrected chi connectivity index (χ0v) is 19.4. The number of aliphatic hydroxyl groups excluding tert-OH is 1. The van der Waals surface area contributed by atoms with Crippen molar-refractivity contribution in [3.63, 3.8) is 0 Å². The van der Waals surface area contributed by atoms with Crippen molar-refractivity contribution in [2.24, 2.45) is 51.2 Å². The van der Waals surface area contributed by atoms with Gasteiger partial charge in [0.05, 0.1) is 13.2 Å². The van der Waals surface area contributed by atoms with Gasteiger partial charge in [-0.05, 0) is 16.2 Å². The van der Waals surface area contributed by atoms with Crippen LogP contribution in [0.3, 0.4) is 0 Å². The lowest BCUT2D eigenvalue weighted by atomic mass is 9.78. The summed E-state index contributed by atoms with van der Waals surface area (Å²) in [7, 11) is 0. The molecule has 0 amide bonds. The fraction of sp³-hybridized carbons (Fsp3) is 1.00. The van der Waals surface area contributed by atoms with Gasteiger partial charge >= 0.3 is 0 Å². The first-order valence-electron chi connectivity index (χ1n) is 10.1. The Morgan fingerprint density at radius 2 is 1.00 bits per heavy atom. The summed E-state index contributed by atoms with van der Waals surface area (Å²) in [6.07, 6.45) is -1.64. The summed E-state index contributed by atoms with van der Waals surface area (Å²) in [5.41, 5.74) is 17.8. The quantitative estimate of drug-likeness (QED) is 0.404. The van der Waals surface area contributed by atoms with Crippen LogP contribution in [0.1, 0.15) is 69.2 Å². The lowest BCUT2D eigenvalue weighted by molar-refractivity contribution is -0.103. The molecule has 0 aromatic heterocycles. The lowest BCUT2D eigenvalue weighted by Gasteiger charge is -2.40. The van der Waals surface area contributed by atoms with Gasteiger partial charge in [-0.25, -0.2) is 0 Å². The van der Waals surface area contributed by atoms with E-state index in [-0.39, 0.29) is 40.2 Å². The van der Waals surface area contributed by atoms with E-state index in [4.69, 9.17) is 26.7 Å². The molecule has 0 fully saturated rings. The molecule has 0 radical (unpaired) electrons. The van der Waals surface area contributed by atoms with Crippen molar-refractivity contribution < 1.29 is 14.6 Å². The van der Waals surface area contributed by atoms with Crippen molar-refractivity contribution >= 4 is 0 Å². The van der Waals surface area contributed by atoms with Gasteiger partial charge in [-0.2, -0.15) is 0 Å². The van der Waals surface area contributed by atoms with E-state index in [0.29, 0.717) is 13.2 Å². The molecule has 0 aromatic carbocycles. The standard InChI is InChI=1S/C21H47N3O3/c1-13(16(22)25)20(7,8)11-27-18(24)15(3)21(9,10)12-26-17(23)14(2)19(4,5)6/h13-18,25H,11-12,22-24H2,1-10H3/t13-,14+,15+,16+,17+,18-/m0/s1. The fourth-order valence-electron chi connectivity index (χ4n) is 2.57. The highest BCUT2D eigenvalue weighted by molar-refractivity contribution is 4.83. The largest absolute Gasteiger partial charge is 0.379 e. The van der Waals surface area contributed by atoms with Crippen molar-refractivity contribution in [3.05, 3.63) is 0 Å². The molecule has 7 N–H and O–H groups in total. The van der Waals surface area contributed by atoms with Crippen LogP contribution in [0.25, 0.3) is 0 Å². The zero-order valence-electron chi connectivity index (χ0n) is 19.4. The molecule has 164 valence electrons. The van der Waals surface area contributed by atoms with Gasteiger partial charge in [0.15, 0.2) is 0 Å². The molecule has 0 heterocycles. The number of hydrogen-bond acceptors (Lipinski definition) is 6. The Hall–Kier alpha value is -0.240. The SMILES string of the molecule is C[C@H]([C@H](N)OCC(C)(C)[C@H](C)[C@@H](N)OCC(C)(C)[C@@H](C)[C@H](N)O)C(C)(C)C. The average molecular weight is 390 g/mol. The maximum Gasteiger partial charge on any atom is 0.108 e. The van der Waals surface area contributed by atoms with Crippen molar-refractivity contribution in [2.45, 2.75) is 87.9 Å². The number of rotatable bonds is 11. The van der Waals surface area contributed by atoms with Crippen molar-refractivity contribution in [1.82, 2.24) is 0 Å². The summed E-state index contributed by atoms with van der Waals surface area (Å²) in [6.45, 7) is 21.8. The maximum atomic E-state index is 9.65. The van der Waals surface area contributed by atoms with Crippen LogP contribution in [0, 0.1) is 34.0 Å². The number of ether oxygens (including phenoxy) is 2. The van der Waals surface area contributed by atoms with E-state index < -0.39 is 12.5 Å². The Labute approximate surface area is 167 Å². The average Bonchev–Trinajstić information content (AvgIpc) is 2.54. The molecule has 0 saturated carbocycles. The van der Waals surface area contributed by atoms with Crippen molar-refractivity contribution in [2.75, 3.05) is 13.2 Å². The molecule has 0 unspecified atom stereocenters. The molecule has 0 saturated heterocycles. The molecule has 6 heteroatoms. The first kappa shape index (κ1) is 26.8. The highest BCUT2D eigenvalue weighted by Crippen LogP contribution is 2.34. The predicted molar refractivity (Wildman–Crippen MR) is 113 cm³/mol. The van der Waals surface area contributed by atoms with Crippen LogP contribution in [0.4, 0.5) is 0 Å². The van der Waals surface area contributed by atoms with Gasteiger partial charge in [-0.3, -0.25) is 0 Å². The Balaban J connectivity index is 4.73. The Morgan fingerprint density at radius 3 is 1.33 bits per heavy atom. The van der Waals surface area contributed by atoms with Crippen molar-refractivity contribution in [3.8, 4) is 0 Å². The maximum absolute atomic E-state index is 9.65. The van der Waals surface area contributed by atoms with E-state index in [9.17, 15) is 5.11 Å². The minimum atomic E-state index is -0.881. The summed E-state index contributed by atoms with van der Waals surface area (Å²) in [6, 6.07) is 0. The number of aliphatic hydroxyl groups is 1. The molecule has 0 rings (SSSR count). The van der Waals surface area contributed by atoms with Crippen molar-refractivity contribution in [1.29, 1.82) is 0 Å². The second-order valence-electron chi connectivity index (χ2n) is 10.8. The van der Waals surface area contributed by atoms with Crippen LogP contribution < -0.4 is 17.2 Å². The van der Waals surface area contributed by atoms with E-state index >= 15 is 0 Å². The van der Waals surface area contributed by atoms with E-state index in [1.54, 1.807) is 0 Å². The summed E-state index contributed by atoms with van der Waals surface area (Å²) in [5, 5.41) is 9.65. The van der Waals surface area contributed by atoms with Gasteiger partial charge in [0.1, 0.15) is 18.7 Å². The van der Waals surface area contributed by atoms with Gasteiger partial charge in [0.25, 0.3) is 0 Å². The smallest absolute Gasteiger partial charge is 0.108 e. The number of hydrogen-bond donors (Lipinski definition) is 4. The second-order valence-corrected chi connectivity index (χ2v) is 10.8. The second kappa shape index (κ2) is 9.99. The molecule has 27 heavy (non-hydrogen) atoms. The van der Waals surface area contributed by atoms with Crippen LogP contribution >= 0.6 is 0 Å². The molecule has 6 nitrogen and oxygen atoms in total.